The van der Waals surface area contributed by atoms with Gasteiger partial charge >= 0.3 is 0 Å². The van der Waals surface area contributed by atoms with Gasteiger partial charge in [-0.1, -0.05) is 48.5 Å². The Morgan fingerprint density at radius 3 is 2.36 bits per heavy atom. The van der Waals surface area contributed by atoms with Gasteiger partial charge in [-0.15, -0.1) is 0 Å². The molecular formula is C18H15N3O. The van der Waals surface area contributed by atoms with E-state index < -0.39 is 0 Å². The Morgan fingerprint density at radius 2 is 1.55 bits per heavy atom. The number of anilines is 2. The van der Waals surface area contributed by atoms with Crippen molar-refractivity contribution in [1.82, 2.24) is 10.7 Å². The fourth-order valence-corrected chi connectivity index (χ4v) is 2.69. The summed E-state index contributed by atoms with van der Waals surface area (Å²) >= 11 is 0. The summed E-state index contributed by atoms with van der Waals surface area (Å²) in [5, 5.41) is 6.91. The van der Waals surface area contributed by atoms with Crippen molar-refractivity contribution in [3.05, 3.63) is 72.3 Å². The second-order valence-electron chi connectivity index (χ2n) is 5.19. The molecule has 0 fully saturated rings. The summed E-state index contributed by atoms with van der Waals surface area (Å²) in [5.41, 5.74) is 6.18. The number of hydrogen-bond acceptors (Lipinski definition) is 3. The number of nitrogens with zero attached hydrogens (tertiary/aromatic N) is 1. The molecule has 1 amide bonds. The molecule has 3 aromatic carbocycles. The molecule has 0 aliphatic carbocycles. The third-order valence-corrected chi connectivity index (χ3v) is 3.83. The van der Waals surface area contributed by atoms with Gasteiger partial charge in [-0.05, 0) is 29.0 Å². The molecule has 0 unspecified atom stereocenters. The highest BCUT2D eigenvalue weighted by Gasteiger charge is 2.27. The van der Waals surface area contributed by atoms with Crippen molar-refractivity contribution in [1.29, 1.82) is 0 Å². The number of fused-ring (bicyclic) bond motifs is 2. The molecule has 0 aromatic heterocycles. The van der Waals surface area contributed by atoms with Gasteiger partial charge in [0.2, 0.25) is 0 Å². The fourth-order valence-electron chi connectivity index (χ4n) is 2.69. The van der Waals surface area contributed by atoms with E-state index in [9.17, 15) is 4.79 Å². The number of rotatable bonds is 4. The van der Waals surface area contributed by atoms with Gasteiger partial charge in [-0.2, -0.15) is 0 Å². The standard InChI is InChI=1S/C18H15N3O/c22-18(15-9-5-7-13-6-1-2-8-14(13)15)19-12-20-21-16-10-3-4-11-17(16)21/h1-11,20H,12H2,(H,19,22). The third kappa shape index (κ3) is 2.19. The number of amides is 1. The smallest absolute Gasteiger partial charge is 0.252 e. The lowest BCUT2D eigenvalue weighted by molar-refractivity contribution is 0.0952. The molecule has 3 aromatic rings. The lowest BCUT2D eigenvalue weighted by atomic mass is 10.0. The Labute approximate surface area is 128 Å². The van der Waals surface area contributed by atoms with Gasteiger partial charge in [0.25, 0.3) is 5.91 Å². The normalized spacial score (nSPS) is 12.1. The van der Waals surface area contributed by atoms with Crippen LogP contribution in [0.1, 0.15) is 10.4 Å². The Hall–Kier alpha value is -2.85. The van der Waals surface area contributed by atoms with Crippen LogP contribution in [0.15, 0.2) is 66.7 Å². The average Bonchev–Trinajstić information content (AvgIpc) is 3.27. The van der Waals surface area contributed by atoms with Crippen LogP contribution >= 0.6 is 0 Å². The van der Waals surface area contributed by atoms with Crippen LogP contribution in [0, 0.1) is 0 Å². The second kappa shape index (κ2) is 5.16. The van der Waals surface area contributed by atoms with Crippen molar-refractivity contribution < 1.29 is 4.79 Å². The van der Waals surface area contributed by atoms with E-state index in [1.165, 1.54) is 0 Å². The van der Waals surface area contributed by atoms with Crippen molar-refractivity contribution in [3.63, 3.8) is 0 Å². The average molecular weight is 289 g/mol. The monoisotopic (exact) mass is 289 g/mol. The minimum absolute atomic E-state index is 0.0739. The predicted octanol–water partition coefficient (Wildman–Crippen LogP) is 3.18. The summed E-state index contributed by atoms with van der Waals surface area (Å²) in [4.78, 5) is 12.4. The van der Waals surface area contributed by atoms with Crippen molar-refractivity contribution in [2.75, 3.05) is 11.7 Å². The minimum atomic E-state index is -0.0739. The van der Waals surface area contributed by atoms with Gasteiger partial charge in [0.05, 0.1) is 18.0 Å². The summed E-state index contributed by atoms with van der Waals surface area (Å²) in [7, 11) is 0. The number of carbonyl (C=O) groups excluding carboxylic acids is 1. The molecule has 2 N–H and O–H groups in total. The van der Waals surface area contributed by atoms with E-state index in [0.29, 0.717) is 12.2 Å². The molecule has 4 nitrogen and oxygen atoms in total. The Bertz CT molecular complexity index is 831. The van der Waals surface area contributed by atoms with E-state index in [4.69, 9.17) is 0 Å². The van der Waals surface area contributed by atoms with Crippen LogP contribution < -0.4 is 15.8 Å². The maximum Gasteiger partial charge on any atom is 0.252 e. The maximum atomic E-state index is 12.4. The molecule has 1 heterocycles. The molecule has 4 heteroatoms. The van der Waals surface area contributed by atoms with Crippen LogP contribution in [0.3, 0.4) is 0 Å². The third-order valence-electron chi connectivity index (χ3n) is 3.83. The first-order chi connectivity index (χ1) is 10.8. The van der Waals surface area contributed by atoms with E-state index in [-0.39, 0.29) is 5.91 Å². The van der Waals surface area contributed by atoms with E-state index in [1.54, 1.807) is 0 Å². The van der Waals surface area contributed by atoms with E-state index >= 15 is 0 Å². The zero-order valence-electron chi connectivity index (χ0n) is 11.9. The quantitative estimate of drug-likeness (QED) is 0.572. The number of para-hydroxylation sites is 2. The van der Waals surface area contributed by atoms with Gasteiger partial charge in [0.15, 0.2) is 0 Å². The summed E-state index contributed by atoms with van der Waals surface area (Å²) in [6.07, 6.45) is 0. The fraction of sp³-hybridized carbons (Fsp3) is 0.0556. The number of hydrogen-bond donors (Lipinski definition) is 2. The molecule has 0 atom stereocenters. The number of nitrogens with one attached hydrogen (secondary N) is 2. The number of benzene rings is 3. The molecule has 0 bridgehead atoms. The first-order valence-electron chi connectivity index (χ1n) is 7.23. The Morgan fingerprint density at radius 1 is 0.864 bits per heavy atom. The Kier molecular flexibility index (Phi) is 3.02. The largest absolute Gasteiger partial charge is 0.338 e. The molecule has 0 spiro atoms. The molecular weight excluding hydrogens is 274 g/mol. The lowest BCUT2D eigenvalue weighted by Gasteiger charge is -2.10. The molecule has 108 valence electrons. The highest BCUT2D eigenvalue weighted by molar-refractivity contribution is 6.07. The highest BCUT2D eigenvalue weighted by atomic mass is 16.1. The van der Waals surface area contributed by atoms with E-state index in [0.717, 1.165) is 22.1 Å². The Balaban J connectivity index is 1.42. The first kappa shape index (κ1) is 12.9. The SMILES string of the molecule is O=C(NCNN1c2ccccc21)c1cccc2ccccc12. The van der Waals surface area contributed by atoms with E-state index in [2.05, 4.69) is 10.7 Å². The van der Waals surface area contributed by atoms with Crippen LogP contribution in [-0.2, 0) is 0 Å². The zero-order valence-corrected chi connectivity index (χ0v) is 11.9. The van der Waals surface area contributed by atoms with Crippen molar-refractivity contribution >= 4 is 28.1 Å². The molecule has 1 aliphatic rings. The summed E-state index contributed by atoms with van der Waals surface area (Å²) < 4.78 is 0. The lowest BCUT2D eigenvalue weighted by Crippen LogP contribution is -2.37. The topological polar surface area (TPSA) is 44.1 Å². The predicted molar refractivity (Wildman–Crippen MR) is 88.0 cm³/mol. The molecule has 1 aliphatic heterocycles. The van der Waals surface area contributed by atoms with Crippen LogP contribution in [-0.4, -0.2) is 12.6 Å². The van der Waals surface area contributed by atoms with Gasteiger partial charge in [-0.25, -0.2) is 5.43 Å². The van der Waals surface area contributed by atoms with Crippen molar-refractivity contribution in [2.24, 2.45) is 0 Å². The van der Waals surface area contributed by atoms with Crippen molar-refractivity contribution in [2.45, 2.75) is 0 Å². The zero-order chi connectivity index (χ0) is 14.9. The van der Waals surface area contributed by atoms with Crippen LogP contribution in [0.5, 0.6) is 0 Å². The van der Waals surface area contributed by atoms with Gasteiger partial charge < -0.3 is 5.32 Å². The van der Waals surface area contributed by atoms with Crippen LogP contribution in [0.25, 0.3) is 10.8 Å². The molecule has 0 radical (unpaired) electrons. The molecule has 22 heavy (non-hydrogen) atoms. The first-order valence-corrected chi connectivity index (χ1v) is 7.23. The maximum absolute atomic E-state index is 12.4. The van der Waals surface area contributed by atoms with E-state index in [1.807, 2.05) is 71.7 Å². The summed E-state index contributed by atoms with van der Waals surface area (Å²) in [6, 6.07) is 21.7. The van der Waals surface area contributed by atoms with Crippen LogP contribution in [0.2, 0.25) is 0 Å². The summed E-state index contributed by atoms with van der Waals surface area (Å²) in [5.74, 6) is -0.0739. The van der Waals surface area contributed by atoms with Gasteiger partial charge in [0.1, 0.15) is 0 Å². The van der Waals surface area contributed by atoms with Gasteiger partial charge in [-0.3, -0.25) is 9.80 Å². The molecule has 4 rings (SSSR count). The van der Waals surface area contributed by atoms with Crippen molar-refractivity contribution in [3.8, 4) is 0 Å². The molecule has 0 saturated heterocycles. The number of carbonyl (C=O) groups is 1. The summed E-state index contributed by atoms with van der Waals surface area (Å²) in [6.45, 7) is 0.386. The minimum Gasteiger partial charge on any atom is -0.338 e. The van der Waals surface area contributed by atoms with Gasteiger partial charge in [0, 0.05) is 5.56 Å². The number of hydrazine groups is 1. The second-order valence-corrected chi connectivity index (χ2v) is 5.19. The highest BCUT2D eigenvalue weighted by Crippen LogP contribution is 2.44. The molecule has 0 saturated carbocycles. The van der Waals surface area contributed by atoms with Crippen LogP contribution in [0.4, 0.5) is 11.4 Å².